The predicted molar refractivity (Wildman–Crippen MR) is 139 cm³/mol. The van der Waals surface area contributed by atoms with Crippen LogP contribution in [0, 0.1) is 5.41 Å². The van der Waals surface area contributed by atoms with E-state index < -0.39 is 11.6 Å². The molecule has 2 fully saturated rings. The second-order valence-electron chi connectivity index (χ2n) is 10.8. The van der Waals surface area contributed by atoms with Gasteiger partial charge in [-0.2, -0.15) is 0 Å². The first-order chi connectivity index (χ1) is 17.0. The van der Waals surface area contributed by atoms with Crippen LogP contribution in [0.15, 0.2) is 30.3 Å². The Morgan fingerprint density at radius 3 is 2.33 bits per heavy atom. The second-order valence-corrected chi connectivity index (χ2v) is 10.8. The molecule has 1 atom stereocenters. The molecule has 0 bridgehead atoms. The summed E-state index contributed by atoms with van der Waals surface area (Å²) in [6.45, 7) is 12.5. The molecule has 3 rings (SSSR count). The topological polar surface area (TPSA) is 88.2 Å². The van der Waals surface area contributed by atoms with E-state index in [1.807, 2.05) is 67.8 Å². The molecule has 1 N–H and O–H groups in total. The summed E-state index contributed by atoms with van der Waals surface area (Å²) in [6.07, 6.45) is 6.05. The molecule has 36 heavy (non-hydrogen) atoms. The summed E-state index contributed by atoms with van der Waals surface area (Å²) in [6, 6.07) is 6.99. The largest absolute Gasteiger partial charge is 0.493 e. The molecule has 2 saturated heterocycles. The number of para-hydroxylation sites is 1. The maximum Gasteiger partial charge on any atom is 0.247 e. The van der Waals surface area contributed by atoms with Gasteiger partial charge in [0, 0.05) is 44.7 Å². The smallest absolute Gasteiger partial charge is 0.247 e. The molecule has 2 aliphatic rings. The van der Waals surface area contributed by atoms with Crippen molar-refractivity contribution in [2.45, 2.75) is 65.5 Å². The van der Waals surface area contributed by atoms with Gasteiger partial charge in [0.2, 0.25) is 17.7 Å². The fourth-order valence-electron chi connectivity index (χ4n) is 4.88. The molecule has 8 nitrogen and oxygen atoms in total. The maximum atomic E-state index is 13.2. The van der Waals surface area contributed by atoms with Gasteiger partial charge in [-0.25, -0.2) is 0 Å². The summed E-state index contributed by atoms with van der Waals surface area (Å²) in [5.41, 5.74) is 0.501. The third kappa shape index (κ3) is 7.56. The van der Waals surface area contributed by atoms with Crippen molar-refractivity contribution in [2.24, 2.45) is 5.41 Å². The molecule has 1 aromatic rings. The molecular weight excluding hydrogens is 458 g/mol. The zero-order valence-electron chi connectivity index (χ0n) is 22.3. The number of likely N-dealkylation sites (tertiary alicyclic amines) is 2. The van der Waals surface area contributed by atoms with Crippen LogP contribution in [0.25, 0.3) is 6.08 Å². The van der Waals surface area contributed by atoms with Crippen LogP contribution in [0.1, 0.15) is 59.4 Å². The number of benzene rings is 1. The van der Waals surface area contributed by atoms with Gasteiger partial charge in [-0.05, 0) is 64.5 Å². The SMILES string of the molecule is CCOc1ccccc1C=CC(=O)N1CCC2(CC1)CCN(C(=O)C(COC(C)(C)C)NC(C)=O)C2. The van der Waals surface area contributed by atoms with Crippen molar-refractivity contribution < 1.29 is 23.9 Å². The summed E-state index contributed by atoms with van der Waals surface area (Å²) < 4.78 is 11.4. The van der Waals surface area contributed by atoms with Crippen LogP contribution in [0.4, 0.5) is 0 Å². The van der Waals surface area contributed by atoms with Crippen molar-refractivity contribution in [2.75, 3.05) is 39.4 Å². The van der Waals surface area contributed by atoms with Crippen molar-refractivity contribution in [1.29, 1.82) is 0 Å². The van der Waals surface area contributed by atoms with Crippen LogP contribution in [-0.2, 0) is 19.1 Å². The van der Waals surface area contributed by atoms with Gasteiger partial charge in [-0.1, -0.05) is 18.2 Å². The number of carbonyl (C=O) groups excluding carboxylic acids is 3. The summed E-state index contributed by atoms with van der Waals surface area (Å²) in [7, 11) is 0. The van der Waals surface area contributed by atoms with E-state index >= 15 is 0 Å². The summed E-state index contributed by atoms with van der Waals surface area (Å²) in [4.78, 5) is 41.5. The van der Waals surface area contributed by atoms with Crippen molar-refractivity contribution >= 4 is 23.8 Å². The summed E-state index contributed by atoms with van der Waals surface area (Å²) in [5, 5.41) is 2.76. The van der Waals surface area contributed by atoms with E-state index in [0.717, 1.165) is 30.6 Å². The highest BCUT2D eigenvalue weighted by molar-refractivity contribution is 5.92. The average molecular weight is 500 g/mol. The Kier molecular flexibility index (Phi) is 9.17. The first-order valence-corrected chi connectivity index (χ1v) is 12.9. The number of amides is 3. The number of ether oxygens (including phenoxy) is 2. The first kappa shape index (κ1) is 27.7. The van der Waals surface area contributed by atoms with E-state index in [4.69, 9.17) is 9.47 Å². The Labute approximate surface area is 215 Å². The molecule has 1 aromatic carbocycles. The third-order valence-electron chi connectivity index (χ3n) is 6.87. The van der Waals surface area contributed by atoms with E-state index in [0.29, 0.717) is 32.8 Å². The van der Waals surface area contributed by atoms with Gasteiger partial charge in [0.15, 0.2) is 0 Å². The first-order valence-electron chi connectivity index (χ1n) is 12.9. The molecule has 0 radical (unpaired) electrons. The number of hydrogen-bond donors (Lipinski definition) is 1. The minimum absolute atomic E-state index is 0.00728. The molecule has 3 amide bonds. The van der Waals surface area contributed by atoms with Crippen LogP contribution >= 0.6 is 0 Å². The van der Waals surface area contributed by atoms with Crippen molar-refractivity contribution in [3.63, 3.8) is 0 Å². The zero-order valence-corrected chi connectivity index (χ0v) is 22.3. The van der Waals surface area contributed by atoms with Gasteiger partial charge in [-0.3, -0.25) is 14.4 Å². The van der Waals surface area contributed by atoms with Crippen molar-refractivity contribution in [1.82, 2.24) is 15.1 Å². The van der Waals surface area contributed by atoms with Crippen molar-refractivity contribution in [3.05, 3.63) is 35.9 Å². The number of hydrogen-bond acceptors (Lipinski definition) is 5. The number of carbonyl (C=O) groups is 3. The number of piperidine rings is 1. The van der Waals surface area contributed by atoms with E-state index in [1.165, 1.54) is 6.92 Å². The van der Waals surface area contributed by atoms with Crippen molar-refractivity contribution in [3.8, 4) is 5.75 Å². The van der Waals surface area contributed by atoms with E-state index in [9.17, 15) is 14.4 Å². The van der Waals surface area contributed by atoms with Crippen LogP contribution in [0.5, 0.6) is 5.75 Å². The molecule has 0 aromatic heterocycles. The van der Waals surface area contributed by atoms with Crippen LogP contribution in [-0.4, -0.2) is 78.6 Å². The van der Waals surface area contributed by atoms with Gasteiger partial charge in [0.25, 0.3) is 0 Å². The summed E-state index contributed by atoms with van der Waals surface area (Å²) >= 11 is 0. The number of nitrogens with one attached hydrogen (secondary N) is 1. The maximum absolute atomic E-state index is 13.2. The molecule has 8 heteroatoms. The fourth-order valence-corrected chi connectivity index (χ4v) is 4.88. The summed E-state index contributed by atoms with van der Waals surface area (Å²) in [5.74, 6) is 0.416. The monoisotopic (exact) mass is 499 g/mol. The molecule has 2 aliphatic heterocycles. The van der Waals surface area contributed by atoms with E-state index in [1.54, 1.807) is 6.08 Å². The molecule has 1 spiro atoms. The molecule has 2 heterocycles. The van der Waals surface area contributed by atoms with Gasteiger partial charge in [0.1, 0.15) is 11.8 Å². The molecule has 0 aliphatic carbocycles. The van der Waals surface area contributed by atoms with Gasteiger partial charge >= 0.3 is 0 Å². The average Bonchev–Trinajstić information content (AvgIpc) is 3.24. The highest BCUT2D eigenvalue weighted by atomic mass is 16.5. The highest BCUT2D eigenvalue weighted by Gasteiger charge is 2.43. The Morgan fingerprint density at radius 1 is 1.08 bits per heavy atom. The Balaban J connectivity index is 1.55. The Hall–Kier alpha value is -2.87. The number of rotatable bonds is 8. The van der Waals surface area contributed by atoms with E-state index in [2.05, 4.69) is 5.32 Å². The van der Waals surface area contributed by atoms with Crippen LogP contribution < -0.4 is 10.1 Å². The lowest BCUT2D eigenvalue weighted by atomic mass is 9.77. The quantitative estimate of drug-likeness (QED) is 0.555. The molecular formula is C28H41N3O5. The fraction of sp³-hybridized carbons (Fsp3) is 0.607. The third-order valence-corrected chi connectivity index (χ3v) is 6.87. The molecule has 1 unspecified atom stereocenters. The second kappa shape index (κ2) is 11.9. The van der Waals surface area contributed by atoms with Crippen LogP contribution in [0.3, 0.4) is 0 Å². The normalized spacial score (nSPS) is 18.5. The lowest BCUT2D eigenvalue weighted by Gasteiger charge is -2.39. The Bertz CT molecular complexity index is 960. The van der Waals surface area contributed by atoms with E-state index in [-0.39, 0.29) is 29.7 Å². The minimum Gasteiger partial charge on any atom is -0.493 e. The highest BCUT2D eigenvalue weighted by Crippen LogP contribution is 2.40. The lowest BCUT2D eigenvalue weighted by molar-refractivity contribution is -0.139. The zero-order chi connectivity index (χ0) is 26.3. The van der Waals surface area contributed by atoms with Gasteiger partial charge in [-0.15, -0.1) is 0 Å². The standard InChI is InChI=1S/C28H41N3O5/c1-6-35-24-10-8-7-9-22(24)11-12-25(33)30-16-13-28(14-17-30)15-18-31(20-28)26(34)23(29-21(2)32)19-36-27(3,4)5/h7-12,23H,6,13-20H2,1-5H3,(H,29,32). The van der Waals surface area contributed by atoms with Crippen LogP contribution in [0.2, 0.25) is 0 Å². The molecule has 0 saturated carbocycles. The lowest BCUT2D eigenvalue weighted by Crippen LogP contribution is -2.51. The predicted octanol–water partition coefficient (Wildman–Crippen LogP) is 3.26. The minimum atomic E-state index is -0.691. The molecule has 198 valence electrons. The number of nitrogens with zero attached hydrogens (tertiary/aromatic N) is 2. The van der Waals surface area contributed by atoms with Gasteiger partial charge in [0.05, 0.1) is 18.8 Å². The Morgan fingerprint density at radius 2 is 1.72 bits per heavy atom. The van der Waals surface area contributed by atoms with Gasteiger partial charge < -0.3 is 24.6 Å².